The number of nitrogens with one attached hydrogen (secondary N) is 3. The number of carbonyl (C=O) groups excluding carboxylic acids is 1. The molecule has 27 heavy (non-hydrogen) atoms. The lowest BCUT2D eigenvalue weighted by Crippen LogP contribution is -2.14. The van der Waals surface area contributed by atoms with Crippen LogP contribution in [-0.2, 0) is 14.8 Å². The molecule has 3 rings (SSSR count). The van der Waals surface area contributed by atoms with Gasteiger partial charge in [0.1, 0.15) is 5.75 Å². The molecule has 0 bridgehead atoms. The third kappa shape index (κ3) is 3.83. The molecule has 1 heterocycles. The smallest absolute Gasteiger partial charge is 0.262 e. The van der Waals surface area contributed by atoms with Gasteiger partial charge in [-0.25, -0.2) is 8.42 Å². The second kappa shape index (κ2) is 7.30. The maximum atomic E-state index is 12.8. The second-order valence-corrected chi connectivity index (χ2v) is 8.13. The number of ether oxygens (including phenoxy) is 1. The van der Waals surface area contributed by atoms with E-state index in [1.165, 1.54) is 44.5 Å². The van der Waals surface area contributed by atoms with Crippen molar-refractivity contribution in [2.24, 2.45) is 0 Å². The Kier molecular flexibility index (Phi) is 5.23. The molecule has 0 aliphatic carbocycles. The zero-order chi connectivity index (χ0) is 19.8. The van der Waals surface area contributed by atoms with Crippen molar-refractivity contribution in [3.8, 4) is 5.75 Å². The van der Waals surface area contributed by atoms with E-state index in [1.807, 2.05) is 0 Å². The monoisotopic (exact) mass is 427 g/mol. The van der Waals surface area contributed by atoms with Gasteiger partial charge in [0.2, 0.25) is 5.91 Å². The number of carbonyl (C=O) groups is 1. The first-order valence-corrected chi connectivity index (χ1v) is 9.90. The average molecular weight is 428 g/mol. The van der Waals surface area contributed by atoms with Crippen molar-refractivity contribution < 1.29 is 17.9 Å². The molecule has 0 fully saturated rings. The summed E-state index contributed by atoms with van der Waals surface area (Å²) in [6.07, 6.45) is 1.53. The largest absolute Gasteiger partial charge is 0.495 e. The molecule has 3 aromatic rings. The van der Waals surface area contributed by atoms with Crippen LogP contribution in [0, 0.1) is 0 Å². The van der Waals surface area contributed by atoms with Crippen LogP contribution in [0.4, 0.5) is 11.4 Å². The Morgan fingerprint density at radius 3 is 2.52 bits per heavy atom. The number of sulfonamides is 1. The van der Waals surface area contributed by atoms with Crippen molar-refractivity contribution in [1.29, 1.82) is 0 Å². The molecule has 10 heteroatoms. The SMILES string of the molecule is COc1ccc(S(=O)(=O)Nc2ccc(Cl)c3c(Cl)c[nH]c23)cc1NC(C)=O. The van der Waals surface area contributed by atoms with E-state index >= 15 is 0 Å². The Bertz CT molecular complexity index is 1140. The molecule has 7 nitrogen and oxygen atoms in total. The lowest BCUT2D eigenvalue weighted by atomic mass is 10.2. The molecular weight excluding hydrogens is 413 g/mol. The Morgan fingerprint density at radius 1 is 1.11 bits per heavy atom. The molecule has 142 valence electrons. The van der Waals surface area contributed by atoms with Crippen molar-refractivity contribution in [1.82, 2.24) is 4.98 Å². The lowest BCUT2D eigenvalue weighted by molar-refractivity contribution is -0.114. The zero-order valence-corrected chi connectivity index (χ0v) is 16.6. The summed E-state index contributed by atoms with van der Waals surface area (Å²) in [5, 5.41) is 3.85. The number of fused-ring (bicyclic) bond motifs is 1. The van der Waals surface area contributed by atoms with Crippen molar-refractivity contribution in [3.63, 3.8) is 0 Å². The van der Waals surface area contributed by atoms with Crippen LogP contribution in [0.5, 0.6) is 5.75 Å². The summed E-state index contributed by atoms with van der Waals surface area (Å²) in [6.45, 7) is 1.32. The Balaban J connectivity index is 2.03. The van der Waals surface area contributed by atoms with Gasteiger partial charge in [0.25, 0.3) is 10.0 Å². The van der Waals surface area contributed by atoms with Crippen LogP contribution in [0.3, 0.4) is 0 Å². The first-order chi connectivity index (χ1) is 12.7. The van der Waals surface area contributed by atoms with E-state index in [1.54, 1.807) is 6.07 Å². The van der Waals surface area contributed by atoms with Gasteiger partial charge in [-0.05, 0) is 30.3 Å². The van der Waals surface area contributed by atoms with Crippen molar-refractivity contribution >= 4 is 61.4 Å². The minimum atomic E-state index is -3.95. The number of aromatic amines is 1. The topological polar surface area (TPSA) is 100 Å². The van der Waals surface area contributed by atoms with Crippen LogP contribution < -0.4 is 14.8 Å². The van der Waals surface area contributed by atoms with Crippen LogP contribution in [0.25, 0.3) is 10.9 Å². The molecule has 1 amide bonds. The fourth-order valence-electron chi connectivity index (χ4n) is 2.60. The minimum absolute atomic E-state index is 0.0483. The van der Waals surface area contributed by atoms with Gasteiger partial charge in [-0.3, -0.25) is 9.52 Å². The highest BCUT2D eigenvalue weighted by Crippen LogP contribution is 2.36. The Hall–Kier alpha value is -2.42. The number of hydrogen-bond donors (Lipinski definition) is 3. The number of methoxy groups -OCH3 is 1. The number of aromatic nitrogens is 1. The van der Waals surface area contributed by atoms with Crippen LogP contribution in [0.1, 0.15) is 6.92 Å². The van der Waals surface area contributed by atoms with Crippen LogP contribution in [0.2, 0.25) is 10.0 Å². The van der Waals surface area contributed by atoms with E-state index in [0.717, 1.165) is 0 Å². The van der Waals surface area contributed by atoms with E-state index in [4.69, 9.17) is 27.9 Å². The highest BCUT2D eigenvalue weighted by atomic mass is 35.5. The first-order valence-electron chi connectivity index (χ1n) is 7.66. The maximum absolute atomic E-state index is 12.8. The third-order valence-corrected chi connectivity index (χ3v) is 5.75. The number of rotatable bonds is 5. The summed E-state index contributed by atoms with van der Waals surface area (Å²) in [4.78, 5) is 14.2. The molecule has 0 aliphatic heterocycles. The third-order valence-electron chi connectivity index (χ3n) is 3.77. The van der Waals surface area contributed by atoms with E-state index in [0.29, 0.717) is 26.7 Å². The van der Waals surface area contributed by atoms with Gasteiger partial charge in [0.05, 0.1) is 38.9 Å². The first kappa shape index (κ1) is 19.3. The van der Waals surface area contributed by atoms with E-state index in [2.05, 4.69) is 15.0 Å². The van der Waals surface area contributed by atoms with E-state index in [-0.39, 0.29) is 22.2 Å². The lowest BCUT2D eigenvalue weighted by Gasteiger charge is -2.13. The number of anilines is 2. The number of H-pyrrole nitrogens is 1. The number of amides is 1. The molecule has 0 saturated heterocycles. The highest BCUT2D eigenvalue weighted by Gasteiger charge is 2.20. The van der Waals surface area contributed by atoms with E-state index in [9.17, 15) is 13.2 Å². The standard InChI is InChI=1S/C17H15Cl2N3O4S/c1-9(23)21-14-7-10(3-6-15(14)26-2)27(24,25)22-13-5-4-11(18)16-12(19)8-20-17(13)16/h3-8,20,22H,1-2H3,(H,21,23). The molecule has 0 radical (unpaired) electrons. The normalized spacial score (nSPS) is 11.4. The highest BCUT2D eigenvalue weighted by molar-refractivity contribution is 7.92. The quantitative estimate of drug-likeness (QED) is 0.566. The van der Waals surface area contributed by atoms with Gasteiger partial charge in [0.15, 0.2) is 0 Å². The summed E-state index contributed by atoms with van der Waals surface area (Å²) < 4.78 is 33.3. The van der Waals surface area contributed by atoms with Crippen molar-refractivity contribution in [3.05, 3.63) is 46.6 Å². The van der Waals surface area contributed by atoms with Gasteiger partial charge < -0.3 is 15.0 Å². The summed E-state index contributed by atoms with van der Waals surface area (Å²) in [5.74, 6) is -0.00886. The molecule has 3 N–H and O–H groups in total. The number of hydrogen-bond acceptors (Lipinski definition) is 4. The molecule has 0 aliphatic rings. The molecule has 0 spiro atoms. The average Bonchev–Trinajstić information content (AvgIpc) is 3.00. The number of halogens is 2. The van der Waals surface area contributed by atoms with Crippen LogP contribution >= 0.6 is 23.2 Å². The van der Waals surface area contributed by atoms with Gasteiger partial charge in [-0.2, -0.15) is 0 Å². The molecular formula is C17H15Cl2N3O4S. The van der Waals surface area contributed by atoms with Gasteiger partial charge >= 0.3 is 0 Å². The summed E-state index contributed by atoms with van der Waals surface area (Å²) >= 11 is 12.2. The fraction of sp³-hybridized carbons (Fsp3) is 0.118. The van der Waals surface area contributed by atoms with Crippen LogP contribution in [0.15, 0.2) is 41.4 Å². The second-order valence-electron chi connectivity index (χ2n) is 5.63. The molecule has 0 unspecified atom stereocenters. The van der Waals surface area contributed by atoms with Gasteiger partial charge in [-0.15, -0.1) is 0 Å². The minimum Gasteiger partial charge on any atom is -0.495 e. The summed E-state index contributed by atoms with van der Waals surface area (Å²) in [6, 6.07) is 7.24. The Morgan fingerprint density at radius 2 is 1.85 bits per heavy atom. The molecule has 0 saturated carbocycles. The van der Waals surface area contributed by atoms with Crippen molar-refractivity contribution in [2.75, 3.05) is 17.1 Å². The molecule has 0 atom stereocenters. The van der Waals surface area contributed by atoms with Crippen molar-refractivity contribution in [2.45, 2.75) is 11.8 Å². The van der Waals surface area contributed by atoms with Gasteiger partial charge in [-0.1, -0.05) is 23.2 Å². The molecule has 2 aromatic carbocycles. The summed E-state index contributed by atoms with van der Waals surface area (Å²) in [7, 11) is -2.53. The Labute approximate surface area is 165 Å². The van der Waals surface area contributed by atoms with E-state index < -0.39 is 10.0 Å². The maximum Gasteiger partial charge on any atom is 0.262 e. The molecule has 1 aromatic heterocycles. The van der Waals surface area contributed by atoms with Gasteiger partial charge in [0, 0.05) is 18.5 Å². The fourth-order valence-corrected chi connectivity index (χ4v) is 4.25. The predicted molar refractivity (Wildman–Crippen MR) is 106 cm³/mol. The van der Waals surface area contributed by atoms with Crippen LogP contribution in [-0.4, -0.2) is 26.4 Å². The number of benzene rings is 2. The predicted octanol–water partition coefficient (Wildman–Crippen LogP) is 4.24. The zero-order valence-electron chi connectivity index (χ0n) is 14.3. The summed E-state index contributed by atoms with van der Waals surface area (Å²) in [5.41, 5.74) is 1.00.